The summed E-state index contributed by atoms with van der Waals surface area (Å²) in [6, 6.07) is 9.42. The van der Waals surface area contributed by atoms with Crippen LogP contribution in [0.5, 0.6) is 11.5 Å². The van der Waals surface area contributed by atoms with E-state index in [4.69, 9.17) is 27.9 Å². The molecule has 0 aliphatic heterocycles. The van der Waals surface area contributed by atoms with E-state index in [0.29, 0.717) is 21.1 Å². The lowest BCUT2D eigenvalue weighted by Gasteiger charge is -2.12. The minimum atomic E-state index is 0.511. The van der Waals surface area contributed by atoms with Gasteiger partial charge in [0, 0.05) is 21.4 Å². The third-order valence-corrected chi connectivity index (χ3v) is 4.65. The monoisotopic (exact) mass is 422 g/mol. The van der Waals surface area contributed by atoms with Crippen molar-refractivity contribution in [1.29, 1.82) is 0 Å². The highest BCUT2D eigenvalue weighted by Gasteiger charge is 2.10. The van der Waals surface area contributed by atoms with Crippen molar-refractivity contribution in [2.75, 3.05) is 0 Å². The number of aryl methyl sites for hydroxylation is 1. The predicted octanol–water partition coefficient (Wildman–Crippen LogP) is 6.75. The summed E-state index contributed by atoms with van der Waals surface area (Å²) in [5, 5.41) is 1.79. The number of hydrogen-bond acceptors (Lipinski definition) is 1. The summed E-state index contributed by atoms with van der Waals surface area (Å²) in [5.74, 6) is 1.31. The maximum atomic E-state index is 6.15. The largest absolute Gasteiger partial charge is 0.455 e. The summed E-state index contributed by atoms with van der Waals surface area (Å²) in [6.07, 6.45) is 0. The second-order valence-corrected chi connectivity index (χ2v) is 6.27. The summed E-state index contributed by atoms with van der Waals surface area (Å²) in [6.45, 7) is 2.04. The Morgan fingerprint density at radius 1 is 1.05 bits per heavy atom. The lowest BCUT2D eigenvalue weighted by Crippen LogP contribution is -1.91. The highest BCUT2D eigenvalue weighted by molar-refractivity contribution is 9.10. The summed E-state index contributed by atoms with van der Waals surface area (Å²) in [7, 11) is 0. The zero-order chi connectivity index (χ0) is 14.0. The Morgan fingerprint density at radius 3 is 2.47 bits per heavy atom. The predicted molar refractivity (Wildman–Crippen MR) is 88.0 cm³/mol. The Morgan fingerprint density at radius 2 is 1.79 bits per heavy atom. The average Bonchev–Trinajstić information content (AvgIpc) is 2.37. The molecule has 0 aromatic heterocycles. The average molecular weight is 425 g/mol. The Hall–Kier alpha value is -0.220. The van der Waals surface area contributed by atoms with Gasteiger partial charge in [-0.05, 0) is 35.0 Å². The molecular formula is C14H10Br2Cl2O. The van der Waals surface area contributed by atoms with Gasteiger partial charge >= 0.3 is 0 Å². The lowest BCUT2D eigenvalue weighted by molar-refractivity contribution is 0.478. The molecule has 0 unspecified atom stereocenters. The molecule has 2 aromatic rings. The van der Waals surface area contributed by atoms with Crippen molar-refractivity contribution >= 4 is 55.1 Å². The van der Waals surface area contributed by atoms with Crippen molar-refractivity contribution < 1.29 is 4.74 Å². The SMILES string of the molecule is Cc1ccc(Oc2cc(Cl)c(Br)cc2Cl)c(CBr)c1. The third kappa shape index (κ3) is 3.66. The summed E-state index contributed by atoms with van der Waals surface area (Å²) < 4.78 is 6.60. The van der Waals surface area contributed by atoms with E-state index in [0.717, 1.165) is 15.8 Å². The summed E-state index contributed by atoms with van der Waals surface area (Å²) in [4.78, 5) is 0. The van der Waals surface area contributed by atoms with Crippen molar-refractivity contribution in [1.82, 2.24) is 0 Å². The minimum Gasteiger partial charge on any atom is -0.455 e. The molecule has 0 aliphatic carbocycles. The van der Waals surface area contributed by atoms with Crippen molar-refractivity contribution in [3.8, 4) is 11.5 Å². The van der Waals surface area contributed by atoms with Crippen LogP contribution in [0.4, 0.5) is 0 Å². The van der Waals surface area contributed by atoms with Crippen LogP contribution in [-0.2, 0) is 5.33 Å². The van der Waals surface area contributed by atoms with Gasteiger partial charge in [0.15, 0.2) is 0 Å². The first-order valence-electron chi connectivity index (χ1n) is 5.49. The van der Waals surface area contributed by atoms with E-state index in [1.54, 1.807) is 12.1 Å². The second-order valence-electron chi connectivity index (χ2n) is 4.04. The minimum absolute atomic E-state index is 0.511. The van der Waals surface area contributed by atoms with Gasteiger partial charge in [-0.3, -0.25) is 0 Å². The number of alkyl halides is 1. The number of ether oxygens (including phenoxy) is 1. The maximum absolute atomic E-state index is 6.15. The molecular weight excluding hydrogens is 415 g/mol. The second kappa shape index (κ2) is 6.49. The van der Waals surface area contributed by atoms with Gasteiger partial charge in [-0.15, -0.1) is 0 Å². The van der Waals surface area contributed by atoms with Crippen LogP contribution in [0.2, 0.25) is 10.0 Å². The zero-order valence-corrected chi connectivity index (χ0v) is 14.7. The van der Waals surface area contributed by atoms with Gasteiger partial charge < -0.3 is 4.74 Å². The highest BCUT2D eigenvalue weighted by atomic mass is 79.9. The van der Waals surface area contributed by atoms with Gasteiger partial charge in [0.2, 0.25) is 0 Å². The van der Waals surface area contributed by atoms with Crippen LogP contribution in [0.15, 0.2) is 34.8 Å². The van der Waals surface area contributed by atoms with E-state index < -0.39 is 0 Å². The zero-order valence-electron chi connectivity index (χ0n) is 10.0. The molecule has 1 nitrogen and oxygen atoms in total. The van der Waals surface area contributed by atoms with Gasteiger partial charge in [0.05, 0.1) is 10.0 Å². The lowest BCUT2D eigenvalue weighted by atomic mass is 10.1. The fraction of sp³-hybridized carbons (Fsp3) is 0.143. The molecule has 0 fully saturated rings. The molecule has 100 valence electrons. The number of rotatable bonds is 3. The molecule has 0 radical (unpaired) electrons. The first kappa shape index (κ1) is 15.2. The van der Waals surface area contributed by atoms with Crippen LogP contribution in [0.1, 0.15) is 11.1 Å². The Labute approximate surface area is 139 Å². The van der Waals surface area contributed by atoms with E-state index in [2.05, 4.69) is 37.9 Å². The van der Waals surface area contributed by atoms with Crippen molar-refractivity contribution in [3.63, 3.8) is 0 Å². The van der Waals surface area contributed by atoms with Crippen LogP contribution in [0.25, 0.3) is 0 Å². The van der Waals surface area contributed by atoms with E-state index in [1.165, 1.54) is 5.56 Å². The van der Waals surface area contributed by atoms with Crippen LogP contribution < -0.4 is 4.74 Å². The quantitative estimate of drug-likeness (QED) is 0.391. The molecule has 5 heteroatoms. The smallest absolute Gasteiger partial charge is 0.147 e. The topological polar surface area (TPSA) is 9.23 Å². The van der Waals surface area contributed by atoms with Gasteiger partial charge in [0.25, 0.3) is 0 Å². The van der Waals surface area contributed by atoms with Crippen molar-refractivity contribution in [2.45, 2.75) is 12.3 Å². The van der Waals surface area contributed by atoms with Crippen LogP contribution in [0, 0.1) is 6.92 Å². The summed E-state index contributed by atoms with van der Waals surface area (Å²) in [5.41, 5.74) is 2.25. The fourth-order valence-electron chi connectivity index (χ4n) is 1.61. The Bertz CT molecular complexity index is 615. The highest BCUT2D eigenvalue weighted by Crippen LogP contribution is 2.37. The van der Waals surface area contributed by atoms with Gasteiger partial charge in [-0.2, -0.15) is 0 Å². The van der Waals surface area contributed by atoms with E-state index in [-0.39, 0.29) is 0 Å². The van der Waals surface area contributed by atoms with E-state index in [9.17, 15) is 0 Å². The molecule has 0 N–H and O–H groups in total. The molecule has 0 spiro atoms. The van der Waals surface area contributed by atoms with E-state index in [1.807, 2.05) is 19.1 Å². The molecule has 19 heavy (non-hydrogen) atoms. The number of benzene rings is 2. The van der Waals surface area contributed by atoms with E-state index >= 15 is 0 Å². The number of halogens is 4. The van der Waals surface area contributed by atoms with Crippen molar-refractivity contribution in [3.05, 3.63) is 56.0 Å². The molecule has 0 saturated carbocycles. The molecule has 0 bridgehead atoms. The molecule has 0 amide bonds. The molecule has 2 rings (SSSR count). The first-order chi connectivity index (χ1) is 9.01. The summed E-state index contributed by atoms with van der Waals surface area (Å²) >= 11 is 19.0. The number of hydrogen-bond donors (Lipinski definition) is 0. The van der Waals surface area contributed by atoms with Gasteiger partial charge in [-0.1, -0.05) is 56.8 Å². The molecule has 2 aromatic carbocycles. The molecule has 0 saturated heterocycles. The van der Waals surface area contributed by atoms with Crippen LogP contribution >= 0.6 is 55.1 Å². The molecule has 0 heterocycles. The normalized spacial score (nSPS) is 10.6. The maximum Gasteiger partial charge on any atom is 0.147 e. The Kier molecular flexibility index (Phi) is 5.18. The fourth-order valence-corrected chi connectivity index (χ4v) is 2.88. The Balaban J connectivity index is 2.39. The van der Waals surface area contributed by atoms with Gasteiger partial charge in [-0.25, -0.2) is 0 Å². The van der Waals surface area contributed by atoms with Gasteiger partial charge in [0.1, 0.15) is 11.5 Å². The van der Waals surface area contributed by atoms with Crippen LogP contribution in [0.3, 0.4) is 0 Å². The molecule has 0 atom stereocenters. The third-order valence-electron chi connectivity index (χ3n) is 2.55. The standard InChI is InChI=1S/C14H10Br2Cl2O/c1-8-2-3-13(9(4-8)7-15)19-14-6-11(17)10(16)5-12(14)18/h2-6H,7H2,1H3. The first-order valence-corrected chi connectivity index (χ1v) is 8.16. The van der Waals surface area contributed by atoms with Crippen molar-refractivity contribution in [2.24, 2.45) is 0 Å². The van der Waals surface area contributed by atoms with Crippen LogP contribution in [-0.4, -0.2) is 0 Å². The molecule has 0 aliphatic rings.